The Kier molecular flexibility index (Phi) is 4.94. The summed E-state index contributed by atoms with van der Waals surface area (Å²) in [5.74, 6) is -2.00. The van der Waals surface area contributed by atoms with Gasteiger partial charge in [-0.15, -0.1) is 0 Å². The fourth-order valence-electron chi connectivity index (χ4n) is 3.80. The number of anilines is 1. The van der Waals surface area contributed by atoms with Crippen LogP contribution in [0.5, 0.6) is 0 Å². The molecule has 2 aromatic carbocycles. The molecule has 1 heterocycles. The summed E-state index contributed by atoms with van der Waals surface area (Å²) >= 11 is 12.1. The fourth-order valence-corrected chi connectivity index (χ4v) is 4.09. The largest absolute Gasteiger partial charge is 0.478 e. The highest BCUT2D eigenvalue weighted by atomic mass is 35.5. The minimum Gasteiger partial charge on any atom is -0.478 e. The molecular weight excluding hydrogens is 364 g/mol. The molecule has 0 aliphatic carbocycles. The van der Waals surface area contributed by atoms with E-state index in [0.717, 1.165) is 12.1 Å². The van der Waals surface area contributed by atoms with Gasteiger partial charge in [0, 0.05) is 23.7 Å². The number of aromatic carboxylic acids is 1. The number of carboxylic acid groups (broad SMARTS) is 1. The van der Waals surface area contributed by atoms with Gasteiger partial charge in [0.05, 0.1) is 15.6 Å². The maximum Gasteiger partial charge on any atom is 0.338 e. The molecule has 0 radical (unpaired) electrons. The van der Waals surface area contributed by atoms with E-state index >= 15 is 0 Å². The molecule has 1 aliphatic heterocycles. The van der Waals surface area contributed by atoms with Gasteiger partial charge >= 0.3 is 5.97 Å². The standard InChI is InChI=1S/C19H18Cl2FNO2/c1-10-8-15(13-4-3-5-14(18(13)22)19(24)25)11(2)23(10)12-6-7-16(20)17(21)9-12/h3-7,9-11,15H,8H2,1-2H3,(H,24,25). The number of benzene rings is 2. The number of carboxylic acids is 1. The number of hydrogen-bond donors (Lipinski definition) is 1. The van der Waals surface area contributed by atoms with Gasteiger partial charge in [0.2, 0.25) is 0 Å². The number of hydrogen-bond acceptors (Lipinski definition) is 2. The van der Waals surface area contributed by atoms with Gasteiger partial charge in [0.15, 0.2) is 0 Å². The molecule has 3 nitrogen and oxygen atoms in total. The third-order valence-electron chi connectivity index (χ3n) is 4.95. The molecule has 0 spiro atoms. The number of carbonyl (C=O) groups is 1. The third-order valence-corrected chi connectivity index (χ3v) is 5.69. The molecule has 132 valence electrons. The van der Waals surface area contributed by atoms with Crippen LogP contribution in [0.25, 0.3) is 0 Å². The van der Waals surface area contributed by atoms with E-state index in [1.807, 2.05) is 19.1 Å². The molecule has 0 bridgehead atoms. The second kappa shape index (κ2) is 6.85. The summed E-state index contributed by atoms with van der Waals surface area (Å²) in [5.41, 5.74) is 1.08. The van der Waals surface area contributed by atoms with Gasteiger partial charge in [0.1, 0.15) is 5.82 Å². The molecule has 1 saturated heterocycles. The average molecular weight is 382 g/mol. The normalized spacial score (nSPS) is 23.1. The van der Waals surface area contributed by atoms with Crippen LogP contribution in [-0.2, 0) is 0 Å². The summed E-state index contributed by atoms with van der Waals surface area (Å²) in [6.07, 6.45) is 0.724. The molecular formula is C19H18Cl2FNO2. The van der Waals surface area contributed by atoms with E-state index in [0.29, 0.717) is 15.6 Å². The summed E-state index contributed by atoms with van der Waals surface area (Å²) in [4.78, 5) is 13.4. The third kappa shape index (κ3) is 3.21. The van der Waals surface area contributed by atoms with Crippen LogP contribution in [0.1, 0.15) is 42.1 Å². The zero-order chi connectivity index (χ0) is 18.3. The Morgan fingerprint density at radius 3 is 2.56 bits per heavy atom. The van der Waals surface area contributed by atoms with Gasteiger partial charge in [-0.2, -0.15) is 0 Å². The highest BCUT2D eigenvalue weighted by Gasteiger charge is 2.39. The smallest absolute Gasteiger partial charge is 0.338 e. The first-order valence-corrected chi connectivity index (χ1v) is 8.82. The van der Waals surface area contributed by atoms with Crippen LogP contribution in [0.4, 0.5) is 10.1 Å². The minimum absolute atomic E-state index is 0.00853. The monoisotopic (exact) mass is 381 g/mol. The zero-order valence-corrected chi connectivity index (χ0v) is 15.4. The second-order valence-electron chi connectivity index (χ2n) is 6.45. The topological polar surface area (TPSA) is 40.5 Å². The van der Waals surface area contributed by atoms with Crippen LogP contribution in [-0.4, -0.2) is 23.2 Å². The molecule has 3 unspecified atom stereocenters. The molecule has 0 aromatic heterocycles. The van der Waals surface area contributed by atoms with Crippen molar-refractivity contribution < 1.29 is 14.3 Å². The van der Waals surface area contributed by atoms with Crippen molar-refractivity contribution in [3.63, 3.8) is 0 Å². The Morgan fingerprint density at radius 2 is 1.92 bits per heavy atom. The average Bonchev–Trinajstić information content (AvgIpc) is 2.85. The fraction of sp³-hybridized carbons (Fsp3) is 0.316. The van der Waals surface area contributed by atoms with E-state index in [1.54, 1.807) is 18.2 Å². The maximum absolute atomic E-state index is 14.7. The first kappa shape index (κ1) is 18.0. The van der Waals surface area contributed by atoms with Crippen molar-refractivity contribution in [1.29, 1.82) is 0 Å². The highest BCUT2D eigenvalue weighted by molar-refractivity contribution is 6.42. The van der Waals surface area contributed by atoms with Crippen LogP contribution in [0.15, 0.2) is 36.4 Å². The van der Waals surface area contributed by atoms with E-state index in [9.17, 15) is 9.18 Å². The molecule has 3 rings (SSSR count). The summed E-state index contributed by atoms with van der Waals surface area (Å²) in [6.45, 7) is 4.08. The second-order valence-corrected chi connectivity index (χ2v) is 7.27. The Bertz CT molecular complexity index is 827. The SMILES string of the molecule is CC1CC(c2cccc(C(=O)O)c2F)C(C)N1c1ccc(Cl)c(Cl)c1. The molecule has 1 aliphatic rings. The first-order chi connectivity index (χ1) is 11.8. The summed E-state index contributed by atoms with van der Waals surface area (Å²) in [5, 5.41) is 10.1. The van der Waals surface area contributed by atoms with Crippen molar-refractivity contribution in [2.45, 2.75) is 38.3 Å². The van der Waals surface area contributed by atoms with Gasteiger partial charge in [-0.3, -0.25) is 0 Å². The van der Waals surface area contributed by atoms with Gasteiger partial charge in [-0.05, 0) is 50.1 Å². The quantitative estimate of drug-likeness (QED) is 0.751. The van der Waals surface area contributed by atoms with Crippen molar-refractivity contribution in [3.8, 4) is 0 Å². The van der Waals surface area contributed by atoms with E-state index in [2.05, 4.69) is 11.8 Å². The van der Waals surface area contributed by atoms with Crippen LogP contribution in [0.2, 0.25) is 10.0 Å². The molecule has 0 saturated carbocycles. The van der Waals surface area contributed by atoms with E-state index in [1.165, 1.54) is 6.07 Å². The maximum atomic E-state index is 14.7. The minimum atomic E-state index is -1.25. The Hall–Kier alpha value is -1.78. The Labute approximate surface area is 156 Å². The van der Waals surface area contributed by atoms with Gasteiger partial charge < -0.3 is 10.0 Å². The summed E-state index contributed by atoms with van der Waals surface area (Å²) < 4.78 is 14.7. The van der Waals surface area contributed by atoms with E-state index < -0.39 is 11.8 Å². The van der Waals surface area contributed by atoms with Gasteiger partial charge in [-0.25, -0.2) is 9.18 Å². The van der Waals surface area contributed by atoms with Crippen molar-refractivity contribution in [2.24, 2.45) is 0 Å². The molecule has 1 fully saturated rings. The molecule has 6 heteroatoms. The predicted octanol–water partition coefficient (Wildman–Crippen LogP) is 5.60. The van der Waals surface area contributed by atoms with Crippen molar-refractivity contribution in [2.75, 3.05) is 4.90 Å². The van der Waals surface area contributed by atoms with Crippen molar-refractivity contribution >= 4 is 34.9 Å². The molecule has 0 amide bonds. The van der Waals surface area contributed by atoms with Crippen LogP contribution in [0, 0.1) is 5.82 Å². The highest BCUT2D eigenvalue weighted by Crippen LogP contribution is 2.42. The van der Waals surface area contributed by atoms with E-state index in [4.69, 9.17) is 28.3 Å². The van der Waals surface area contributed by atoms with Crippen LogP contribution >= 0.6 is 23.2 Å². The van der Waals surface area contributed by atoms with Crippen LogP contribution in [0.3, 0.4) is 0 Å². The van der Waals surface area contributed by atoms with Gasteiger partial charge in [-0.1, -0.05) is 35.3 Å². The lowest BCUT2D eigenvalue weighted by Gasteiger charge is -2.30. The summed E-state index contributed by atoms with van der Waals surface area (Å²) in [6, 6.07) is 10.2. The Balaban J connectivity index is 1.98. The lowest BCUT2D eigenvalue weighted by Crippen LogP contribution is -2.34. The molecule has 25 heavy (non-hydrogen) atoms. The predicted molar refractivity (Wildman–Crippen MR) is 98.6 cm³/mol. The van der Waals surface area contributed by atoms with Gasteiger partial charge in [0.25, 0.3) is 0 Å². The number of halogens is 3. The number of rotatable bonds is 3. The zero-order valence-electron chi connectivity index (χ0n) is 13.8. The lowest BCUT2D eigenvalue weighted by atomic mass is 9.90. The molecule has 1 N–H and O–H groups in total. The van der Waals surface area contributed by atoms with Crippen molar-refractivity contribution in [1.82, 2.24) is 0 Å². The Morgan fingerprint density at radius 1 is 1.20 bits per heavy atom. The summed E-state index contributed by atoms with van der Waals surface area (Å²) in [7, 11) is 0. The first-order valence-electron chi connectivity index (χ1n) is 8.06. The van der Waals surface area contributed by atoms with E-state index in [-0.39, 0.29) is 23.6 Å². The number of nitrogens with zero attached hydrogens (tertiary/aromatic N) is 1. The lowest BCUT2D eigenvalue weighted by molar-refractivity contribution is 0.0691. The molecule has 3 atom stereocenters. The van der Waals surface area contributed by atoms with Crippen molar-refractivity contribution in [3.05, 3.63) is 63.4 Å². The molecule has 2 aromatic rings. The van der Waals surface area contributed by atoms with Crippen LogP contribution < -0.4 is 4.90 Å².